The Kier molecular flexibility index (Phi) is 9.59. The van der Waals surface area contributed by atoms with E-state index in [0.29, 0.717) is 29.3 Å². The van der Waals surface area contributed by atoms with E-state index in [1.165, 1.54) is 16.9 Å². The summed E-state index contributed by atoms with van der Waals surface area (Å²) in [5.74, 6) is 0.0959. The molecule has 0 aliphatic heterocycles. The first-order valence-corrected chi connectivity index (χ1v) is 11.6. The van der Waals surface area contributed by atoms with Crippen molar-refractivity contribution in [2.75, 3.05) is 18.4 Å². The van der Waals surface area contributed by atoms with Crippen LogP contribution in [-0.4, -0.2) is 39.2 Å². The summed E-state index contributed by atoms with van der Waals surface area (Å²) >= 11 is 0. The number of nitrogens with two attached hydrogens (primary N) is 1. The largest absolute Gasteiger partial charge is 0.416 e. The molecule has 0 fully saturated rings. The molecule has 0 bridgehead atoms. The van der Waals surface area contributed by atoms with Crippen LogP contribution in [0.5, 0.6) is 0 Å². The number of anilines is 2. The van der Waals surface area contributed by atoms with Gasteiger partial charge in [0.15, 0.2) is 0 Å². The number of aromatic nitrogens is 4. The minimum atomic E-state index is -4.39. The third kappa shape index (κ3) is 8.36. The van der Waals surface area contributed by atoms with Crippen LogP contribution in [0.4, 0.5) is 24.5 Å². The number of hydrogen-bond donors (Lipinski definition) is 3. The average Bonchev–Trinajstić information content (AvgIpc) is 3.29. The molecule has 11 heteroatoms. The minimum absolute atomic E-state index is 0.0575. The van der Waals surface area contributed by atoms with E-state index in [4.69, 9.17) is 5.73 Å². The summed E-state index contributed by atoms with van der Waals surface area (Å²) < 4.78 is 38.4. The first-order valence-electron chi connectivity index (χ1n) is 11.6. The van der Waals surface area contributed by atoms with Crippen LogP contribution in [0, 0.1) is 0 Å². The van der Waals surface area contributed by atoms with Crippen LogP contribution in [0.3, 0.4) is 0 Å². The normalized spacial score (nSPS) is 11.4. The second kappa shape index (κ2) is 12.8. The fraction of sp³-hybridized carbons (Fsp3) is 0.417. The zero-order chi connectivity index (χ0) is 25.1. The molecule has 1 aromatic heterocycles. The molecule has 1 heterocycles. The third-order valence-electron chi connectivity index (χ3n) is 5.35. The monoisotopic (exact) mass is 489 g/mol. The molecule has 4 N–H and O–H groups in total. The van der Waals surface area contributed by atoms with Gasteiger partial charge in [0, 0.05) is 23.5 Å². The Bertz CT molecular complexity index is 1070. The summed E-state index contributed by atoms with van der Waals surface area (Å²) in [6.07, 6.45) is 2.06. The van der Waals surface area contributed by atoms with Crippen molar-refractivity contribution >= 4 is 17.3 Å². The number of nitrogens with one attached hydrogen (secondary N) is 2. The third-order valence-corrected chi connectivity index (χ3v) is 5.35. The van der Waals surface area contributed by atoms with Crippen molar-refractivity contribution in [1.82, 2.24) is 25.5 Å². The molecule has 188 valence electrons. The van der Waals surface area contributed by atoms with Gasteiger partial charge in [0.25, 0.3) is 0 Å². The van der Waals surface area contributed by atoms with Crippen molar-refractivity contribution in [3.8, 4) is 11.4 Å². The first kappa shape index (κ1) is 26.1. The maximum Gasteiger partial charge on any atom is 0.416 e. The van der Waals surface area contributed by atoms with Crippen molar-refractivity contribution in [2.24, 2.45) is 5.73 Å². The summed E-state index contributed by atoms with van der Waals surface area (Å²) in [5, 5.41) is 18.2. The lowest BCUT2D eigenvalue weighted by molar-refractivity contribution is -0.137. The van der Waals surface area contributed by atoms with Gasteiger partial charge in [0.1, 0.15) is 6.54 Å². The number of hydrogen-bond acceptors (Lipinski definition) is 6. The Hall–Kier alpha value is -3.47. The lowest BCUT2D eigenvalue weighted by Gasteiger charge is -2.11. The summed E-state index contributed by atoms with van der Waals surface area (Å²) in [6.45, 7) is 1.27. The Morgan fingerprint density at radius 2 is 1.63 bits per heavy atom. The number of rotatable bonds is 13. The summed E-state index contributed by atoms with van der Waals surface area (Å²) in [5.41, 5.74) is 6.45. The van der Waals surface area contributed by atoms with E-state index in [-0.39, 0.29) is 12.5 Å². The van der Waals surface area contributed by atoms with E-state index in [1.807, 2.05) is 0 Å². The zero-order valence-electron chi connectivity index (χ0n) is 19.4. The number of benzene rings is 2. The van der Waals surface area contributed by atoms with E-state index >= 15 is 0 Å². The first-order chi connectivity index (χ1) is 16.9. The van der Waals surface area contributed by atoms with Crippen LogP contribution < -0.4 is 16.4 Å². The molecule has 0 saturated heterocycles. The number of nitrogens with zero attached hydrogens (tertiary/aromatic N) is 4. The summed E-state index contributed by atoms with van der Waals surface area (Å²) in [6, 6.07) is 11.8. The number of para-hydroxylation sites is 1. The highest BCUT2D eigenvalue weighted by molar-refractivity contribution is 5.78. The van der Waals surface area contributed by atoms with E-state index in [9.17, 15) is 18.0 Å². The van der Waals surface area contributed by atoms with Gasteiger partial charge >= 0.3 is 6.18 Å². The Morgan fingerprint density at radius 3 is 2.34 bits per heavy atom. The van der Waals surface area contributed by atoms with Crippen molar-refractivity contribution < 1.29 is 18.0 Å². The quantitative estimate of drug-likeness (QED) is 0.305. The van der Waals surface area contributed by atoms with Gasteiger partial charge in [-0.3, -0.25) is 4.79 Å². The molecule has 0 unspecified atom stereocenters. The van der Waals surface area contributed by atoms with Gasteiger partial charge in [0.2, 0.25) is 11.7 Å². The molecule has 0 spiro atoms. The van der Waals surface area contributed by atoms with Crippen molar-refractivity contribution in [2.45, 2.75) is 51.2 Å². The van der Waals surface area contributed by atoms with Crippen LogP contribution in [0.25, 0.3) is 11.4 Å². The van der Waals surface area contributed by atoms with Crippen LogP contribution in [-0.2, 0) is 17.5 Å². The number of carbonyl (C=O) groups is 1. The summed E-state index contributed by atoms with van der Waals surface area (Å²) in [7, 11) is 0. The molecule has 35 heavy (non-hydrogen) atoms. The fourth-order valence-electron chi connectivity index (χ4n) is 3.49. The van der Waals surface area contributed by atoms with Crippen molar-refractivity contribution in [3.63, 3.8) is 0 Å². The Balaban J connectivity index is 1.53. The number of halogens is 3. The lowest BCUT2D eigenvalue weighted by atomic mass is 10.1. The molecule has 2 aromatic carbocycles. The SMILES string of the molecule is NCCCCCCCCNC(=O)Cn1nnc(-c2ccccc2Nc2ccc(C(F)(F)F)cc2)n1. The van der Waals surface area contributed by atoms with E-state index in [0.717, 1.165) is 57.2 Å². The highest BCUT2D eigenvalue weighted by Gasteiger charge is 2.30. The molecule has 1 amide bonds. The van der Waals surface area contributed by atoms with Gasteiger partial charge < -0.3 is 16.4 Å². The van der Waals surface area contributed by atoms with Gasteiger partial charge in [-0.1, -0.05) is 37.8 Å². The molecular weight excluding hydrogens is 459 g/mol. The van der Waals surface area contributed by atoms with Crippen molar-refractivity contribution in [1.29, 1.82) is 0 Å². The van der Waals surface area contributed by atoms with Crippen molar-refractivity contribution in [3.05, 3.63) is 54.1 Å². The van der Waals surface area contributed by atoms with Gasteiger partial charge in [-0.25, -0.2) is 0 Å². The zero-order valence-corrected chi connectivity index (χ0v) is 19.4. The number of tetrazole rings is 1. The molecule has 0 atom stereocenters. The topological polar surface area (TPSA) is 111 Å². The second-order valence-corrected chi connectivity index (χ2v) is 8.15. The molecule has 0 radical (unpaired) electrons. The number of alkyl halides is 3. The molecule has 0 aliphatic rings. The number of carbonyl (C=O) groups excluding carboxylic acids is 1. The fourth-order valence-corrected chi connectivity index (χ4v) is 3.49. The van der Waals surface area contributed by atoms with Crippen LogP contribution >= 0.6 is 0 Å². The predicted molar refractivity (Wildman–Crippen MR) is 128 cm³/mol. The lowest BCUT2D eigenvalue weighted by Crippen LogP contribution is -2.29. The number of unbranched alkanes of at least 4 members (excludes halogenated alkanes) is 5. The van der Waals surface area contributed by atoms with Gasteiger partial charge in [-0.15, -0.1) is 10.2 Å². The Labute approximate surface area is 202 Å². The van der Waals surface area contributed by atoms with Crippen LogP contribution in [0.15, 0.2) is 48.5 Å². The van der Waals surface area contributed by atoms with Gasteiger partial charge in [-0.2, -0.15) is 18.0 Å². The van der Waals surface area contributed by atoms with E-state index in [1.54, 1.807) is 24.3 Å². The molecule has 0 saturated carbocycles. The molecule has 3 rings (SSSR count). The second-order valence-electron chi connectivity index (χ2n) is 8.15. The van der Waals surface area contributed by atoms with Crippen LogP contribution in [0.1, 0.15) is 44.1 Å². The predicted octanol–water partition coefficient (Wildman–Crippen LogP) is 4.52. The minimum Gasteiger partial charge on any atom is -0.355 e. The Morgan fingerprint density at radius 1 is 0.943 bits per heavy atom. The maximum absolute atomic E-state index is 12.8. The highest BCUT2D eigenvalue weighted by Crippen LogP contribution is 2.32. The van der Waals surface area contributed by atoms with Gasteiger partial charge in [0.05, 0.1) is 5.56 Å². The highest BCUT2D eigenvalue weighted by atomic mass is 19.4. The van der Waals surface area contributed by atoms with E-state index in [2.05, 4.69) is 26.0 Å². The molecule has 3 aromatic rings. The smallest absolute Gasteiger partial charge is 0.355 e. The standard InChI is InChI=1S/C24H30F3N7O/c25-24(26,27)18-11-13-19(14-12-18)30-21-10-6-5-9-20(21)23-31-33-34(32-23)17-22(35)29-16-8-4-2-1-3-7-15-28/h5-6,9-14,30H,1-4,7-8,15-17,28H2,(H,29,35). The summed E-state index contributed by atoms with van der Waals surface area (Å²) in [4.78, 5) is 13.4. The maximum atomic E-state index is 12.8. The number of amides is 1. The van der Waals surface area contributed by atoms with Crippen LogP contribution in [0.2, 0.25) is 0 Å². The van der Waals surface area contributed by atoms with Gasteiger partial charge in [-0.05, 0) is 61.0 Å². The van der Waals surface area contributed by atoms with E-state index < -0.39 is 11.7 Å². The molecule has 0 aliphatic carbocycles. The molecular formula is C24H30F3N7O. The average molecular weight is 490 g/mol. The molecule has 8 nitrogen and oxygen atoms in total.